The van der Waals surface area contributed by atoms with Crippen LogP contribution in [-0.2, 0) is 22.1 Å². The van der Waals surface area contributed by atoms with Gasteiger partial charge in [0.05, 0.1) is 6.61 Å². The summed E-state index contributed by atoms with van der Waals surface area (Å²) in [5, 5.41) is 3.28. The van der Waals surface area contributed by atoms with Crippen LogP contribution in [0.3, 0.4) is 0 Å². The van der Waals surface area contributed by atoms with Crippen LogP contribution in [0, 0.1) is 0 Å². The molecule has 1 N–H and O–H groups in total. The van der Waals surface area contributed by atoms with Crippen molar-refractivity contribution in [3.8, 4) is 0 Å². The number of ether oxygens (including phenoxy) is 1. The molecule has 1 heterocycles. The Bertz CT molecular complexity index is 354. The third-order valence-corrected chi connectivity index (χ3v) is 3.20. The monoisotopic (exact) mass is 259 g/mol. The summed E-state index contributed by atoms with van der Waals surface area (Å²) >= 11 is 0. The molecular formula is C11H21N3O2S. The van der Waals surface area contributed by atoms with E-state index < -0.39 is 10.8 Å². The number of hydrogen-bond acceptors (Lipinski definition) is 4. The van der Waals surface area contributed by atoms with E-state index in [-0.39, 0.29) is 6.04 Å². The predicted molar refractivity (Wildman–Crippen MR) is 70.7 cm³/mol. The minimum absolute atomic E-state index is 0.224. The van der Waals surface area contributed by atoms with Crippen molar-refractivity contribution >= 4 is 16.7 Å². The Kier molecular flexibility index (Phi) is 6.21. The molecule has 1 rings (SSSR count). The quantitative estimate of drug-likeness (QED) is 0.759. The molecule has 5 nitrogen and oxygen atoms in total. The van der Waals surface area contributed by atoms with Gasteiger partial charge in [0.15, 0.2) is 0 Å². The van der Waals surface area contributed by atoms with Crippen molar-refractivity contribution in [2.75, 3.05) is 31.0 Å². The number of aryl methyl sites for hydroxylation is 1. The zero-order chi connectivity index (χ0) is 12.7. The van der Waals surface area contributed by atoms with Gasteiger partial charge in [-0.05, 0) is 13.3 Å². The first-order chi connectivity index (χ1) is 8.13. The van der Waals surface area contributed by atoms with Crippen molar-refractivity contribution in [2.45, 2.75) is 25.9 Å². The Balaban J connectivity index is 2.45. The standard InChI is InChI=1S/C11H21N3O2S/c1-10(9-16-2)13-11-12-5-7-14(11)6-4-8-17(3)15/h5,7,10H,4,6,8-9H2,1-3H3,(H,12,13). The maximum Gasteiger partial charge on any atom is 0.203 e. The van der Waals surface area contributed by atoms with Crippen LogP contribution < -0.4 is 5.32 Å². The van der Waals surface area contributed by atoms with E-state index in [0.29, 0.717) is 6.61 Å². The number of imidazole rings is 1. The summed E-state index contributed by atoms with van der Waals surface area (Å²) in [4.78, 5) is 4.26. The van der Waals surface area contributed by atoms with E-state index >= 15 is 0 Å². The number of nitrogens with one attached hydrogen (secondary N) is 1. The molecule has 2 unspecified atom stereocenters. The molecule has 0 radical (unpaired) electrons. The number of anilines is 1. The minimum atomic E-state index is -0.722. The van der Waals surface area contributed by atoms with Gasteiger partial charge in [0.1, 0.15) is 0 Å². The van der Waals surface area contributed by atoms with Crippen LogP contribution in [0.1, 0.15) is 13.3 Å². The molecule has 0 saturated carbocycles. The van der Waals surface area contributed by atoms with E-state index in [0.717, 1.165) is 24.7 Å². The van der Waals surface area contributed by atoms with Gasteiger partial charge in [-0.2, -0.15) is 0 Å². The van der Waals surface area contributed by atoms with E-state index in [9.17, 15) is 4.21 Å². The number of rotatable bonds is 8. The molecule has 17 heavy (non-hydrogen) atoms. The van der Waals surface area contributed by atoms with Crippen LogP contribution in [0.5, 0.6) is 0 Å². The highest BCUT2D eigenvalue weighted by Crippen LogP contribution is 2.07. The van der Waals surface area contributed by atoms with E-state index in [1.54, 1.807) is 19.6 Å². The SMILES string of the molecule is COCC(C)Nc1nccn1CCCS(C)=O. The predicted octanol–water partition coefficient (Wildman–Crippen LogP) is 1.10. The lowest BCUT2D eigenvalue weighted by Crippen LogP contribution is -2.23. The lowest BCUT2D eigenvalue weighted by Gasteiger charge is -2.15. The first kappa shape index (κ1) is 14.2. The molecule has 0 amide bonds. The van der Waals surface area contributed by atoms with E-state index in [1.165, 1.54) is 0 Å². The molecule has 0 aliphatic heterocycles. The normalized spacial score (nSPS) is 14.5. The summed E-state index contributed by atoms with van der Waals surface area (Å²) in [6, 6.07) is 0.224. The molecule has 0 spiro atoms. The van der Waals surface area contributed by atoms with Gasteiger partial charge in [-0.3, -0.25) is 4.21 Å². The van der Waals surface area contributed by atoms with Crippen LogP contribution in [0.2, 0.25) is 0 Å². The van der Waals surface area contributed by atoms with Gasteiger partial charge < -0.3 is 14.6 Å². The molecule has 0 aliphatic rings. The van der Waals surface area contributed by atoms with E-state index in [1.807, 2.05) is 17.7 Å². The highest BCUT2D eigenvalue weighted by molar-refractivity contribution is 7.84. The fourth-order valence-electron chi connectivity index (χ4n) is 1.58. The fraction of sp³-hybridized carbons (Fsp3) is 0.727. The summed E-state index contributed by atoms with van der Waals surface area (Å²) in [5.74, 6) is 1.57. The van der Waals surface area contributed by atoms with Crippen molar-refractivity contribution in [3.05, 3.63) is 12.4 Å². The maximum absolute atomic E-state index is 11.0. The van der Waals surface area contributed by atoms with Crippen LogP contribution in [0.4, 0.5) is 5.95 Å². The lowest BCUT2D eigenvalue weighted by atomic mass is 10.4. The van der Waals surface area contributed by atoms with Crippen molar-refractivity contribution in [3.63, 3.8) is 0 Å². The number of methoxy groups -OCH3 is 1. The Hall–Kier alpha value is -0.880. The number of aromatic nitrogens is 2. The molecule has 6 heteroatoms. The maximum atomic E-state index is 11.0. The first-order valence-electron chi connectivity index (χ1n) is 5.70. The van der Waals surface area contributed by atoms with Crippen molar-refractivity contribution in [2.24, 2.45) is 0 Å². The van der Waals surface area contributed by atoms with Crippen LogP contribution in [-0.4, -0.2) is 45.5 Å². The summed E-state index contributed by atoms with van der Waals surface area (Å²) in [6.45, 7) is 3.52. The molecule has 98 valence electrons. The zero-order valence-electron chi connectivity index (χ0n) is 10.7. The van der Waals surface area contributed by atoms with Crippen LogP contribution in [0.25, 0.3) is 0 Å². The highest BCUT2D eigenvalue weighted by atomic mass is 32.2. The molecular weight excluding hydrogens is 238 g/mol. The third-order valence-electron chi connectivity index (χ3n) is 2.34. The molecule has 2 atom stereocenters. The lowest BCUT2D eigenvalue weighted by molar-refractivity contribution is 0.190. The summed E-state index contributed by atoms with van der Waals surface area (Å²) in [5.41, 5.74) is 0. The van der Waals surface area contributed by atoms with Crippen LogP contribution >= 0.6 is 0 Å². The topological polar surface area (TPSA) is 56.1 Å². The van der Waals surface area contributed by atoms with Gasteiger partial charge in [-0.25, -0.2) is 4.98 Å². The van der Waals surface area contributed by atoms with Gasteiger partial charge >= 0.3 is 0 Å². The van der Waals surface area contributed by atoms with Crippen molar-refractivity contribution < 1.29 is 8.95 Å². The molecule has 0 fully saturated rings. The largest absolute Gasteiger partial charge is 0.383 e. The van der Waals surface area contributed by atoms with Gasteiger partial charge in [0.25, 0.3) is 0 Å². The van der Waals surface area contributed by atoms with Gasteiger partial charge in [0.2, 0.25) is 5.95 Å². The summed E-state index contributed by atoms with van der Waals surface area (Å²) in [7, 11) is 0.960. The minimum Gasteiger partial charge on any atom is -0.383 e. The Morgan fingerprint density at radius 1 is 1.65 bits per heavy atom. The average Bonchev–Trinajstić information content (AvgIpc) is 2.65. The Morgan fingerprint density at radius 2 is 2.41 bits per heavy atom. The fourth-order valence-corrected chi connectivity index (χ4v) is 2.12. The van der Waals surface area contributed by atoms with Gasteiger partial charge in [-0.15, -0.1) is 0 Å². The second kappa shape index (κ2) is 7.45. The van der Waals surface area contributed by atoms with E-state index in [4.69, 9.17) is 4.74 Å². The molecule has 0 aromatic carbocycles. The Labute approximate surface area is 105 Å². The zero-order valence-corrected chi connectivity index (χ0v) is 11.5. The van der Waals surface area contributed by atoms with Crippen molar-refractivity contribution in [1.82, 2.24) is 9.55 Å². The van der Waals surface area contributed by atoms with E-state index in [2.05, 4.69) is 10.3 Å². The Morgan fingerprint density at radius 3 is 3.06 bits per heavy atom. The average molecular weight is 259 g/mol. The molecule has 0 saturated heterocycles. The molecule has 1 aromatic heterocycles. The second-order valence-corrected chi connectivity index (χ2v) is 5.63. The smallest absolute Gasteiger partial charge is 0.203 e. The third kappa shape index (κ3) is 5.32. The summed E-state index contributed by atoms with van der Waals surface area (Å²) in [6.07, 6.45) is 6.33. The van der Waals surface area contributed by atoms with Crippen molar-refractivity contribution in [1.29, 1.82) is 0 Å². The molecule has 0 aliphatic carbocycles. The highest BCUT2D eigenvalue weighted by Gasteiger charge is 2.06. The molecule has 0 bridgehead atoms. The van der Waals surface area contributed by atoms with Gasteiger partial charge in [-0.1, -0.05) is 0 Å². The summed E-state index contributed by atoms with van der Waals surface area (Å²) < 4.78 is 18.1. The van der Waals surface area contributed by atoms with Crippen LogP contribution in [0.15, 0.2) is 12.4 Å². The number of hydrogen-bond donors (Lipinski definition) is 1. The molecule has 1 aromatic rings. The first-order valence-corrected chi connectivity index (χ1v) is 7.43. The second-order valence-electron chi connectivity index (χ2n) is 4.08. The number of nitrogens with zero attached hydrogens (tertiary/aromatic N) is 2. The van der Waals surface area contributed by atoms with Gasteiger partial charge in [0, 0.05) is 54.9 Å².